The van der Waals surface area contributed by atoms with Crippen LogP contribution in [-0.2, 0) is 4.79 Å². The summed E-state index contributed by atoms with van der Waals surface area (Å²) in [4.78, 5) is 14.3. The van der Waals surface area contributed by atoms with Crippen LogP contribution in [0.2, 0.25) is 0 Å². The summed E-state index contributed by atoms with van der Waals surface area (Å²) in [7, 11) is 0. The summed E-state index contributed by atoms with van der Waals surface area (Å²) >= 11 is 0. The van der Waals surface area contributed by atoms with E-state index in [0.717, 1.165) is 25.9 Å². The second-order valence-electron chi connectivity index (χ2n) is 6.30. The zero-order chi connectivity index (χ0) is 13.2. The van der Waals surface area contributed by atoms with Crippen molar-refractivity contribution in [3.8, 4) is 6.07 Å². The molecule has 1 heterocycles. The Balaban J connectivity index is 1.97. The van der Waals surface area contributed by atoms with E-state index in [2.05, 4.69) is 6.07 Å². The number of piperidine rings is 1. The Morgan fingerprint density at radius 2 is 1.83 bits per heavy atom. The van der Waals surface area contributed by atoms with Crippen LogP contribution in [0, 0.1) is 22.2 Å². The van der Waals surface area contributed by atoms with Gasteiger partial charge in [-0.3, -0.25) is 4.79 Å². The van der Waals surface area contributed by atoms with Crippen LogP contribution in [0.3, 0.4) is 0 Å². The summed E-state index contributed by atoms with van der Waals surface area (Å²) in [5, 5.41) is 9.19. The highest BCUT2D eigenvalue weighted by Gasteiger charge is 2.41. The van der Waals surface area contributed by atoms with E-state index in [9.17, 15) is 10.1 Å². The van der Waals surface area contributed by atoms with E-state index >= 15 is 0 Å². The minimum absolute atomic E-state index is 0.0420. The maximum Gasteiger partial charge on any atom is 0.242 e. The number of rotatable bonds is 2. The smallest absolute Gasteiger partial charge is 0.242 e. The molecule has 1 unspecified atom stereocenters. The lowest BCUT2D eigenvalue weighted by atomic mass is 9.76. The number of nitriles is 1. The number of carbonyl (C=O) groups excluding carboxylic acids is 1. The Morgan fingerprint density at radius 1 is 1.28 bits per heavy atom. The highest BCUT2D eigenvalue weighted by molar-refractivity contribution is 5.85. The molecule has 0 aromatic rings. The van der Waals surface area contributed by atoms with Crippen molar-refractivity contribution in [1.82, 2.24) is 4.90 Å². The molecule has 0 aromatic heterocycles. The van der Waals surface area contributed by atoms with Crippen LogP contribution in [0.15, 0.2) is 0 Å². The van der Waals surface area contributed by atoms with Crippen LogP contribution in [0.4, 0.5) is 0 Å². The van der Waals surface area contributed by atoms with Gasteiger partial charge in [0.1, 0.15) is 5.41 Å². The van der Waals surface area contributed by atoms with Gasteiger partial charge in [0.15, 0.2) is 0 Å². The zero-order valence-electron chi connectivity index (χ0n) is 11.7. The number of amides is 1. The van der Waals surface area contributed by atoms with Crippen molar-refractivity contribution in [1.29, 1.82) is 5.26 Å². The standard InChI is InChI=1S/C15H24N2O/c1-3-14(2,12-16)13(18)17-10-8-15(9-11-17)6-4-5-7-15/h3-11H2,1-2H3. The number of carbonyl (C=O) groups is 1. The van der Waals surface area contributed by atoms with Gasteiger partial charge in [0, 0.05) is 13.1 Å². The van der Waals surface area contributed by atoms with Gasteiger partial charge in [-0.05, 0) is 44.4 Å². The minimum atomic E-state index is -0.819. The molecule has 2 rings (SSSR count). The second kappa shape index (κ2) is 4.91. The molecule has 18 heavy (non-hydrogen) atoms. The van der Waals surface area contributed by atoms with E-state index in [1.54, 1.807) is 6.92 Å². The highest BCUT2D eigenvalue weighted by Crippen LogP contribution is 2.46. The third-order valence-electron chi connectivity index (χ3n) is 5.20. The van der Waals surface area contributed by atoms with Crippen molar-refractivity contribution in [3.63, 3.8) is 0 Å². The van der Waals surface area contributed by atoms with E-state index in [0.29, 0.717) is 11.8 Å². The lowest BCUT2D eigenvalue weighted by molar-refractivity contribution is -0.140. The van der Waals surface area contributed by atoms with Gasteiger partial charge in [-0.1, -0.05) is 19.8 Å². The van der Waals surface area contributed by atoms with Gasteiger partial charge in [0.25, 0.3) is 0 Å². The first-order chi connectivity index (χ1) is 8.55. The molecule has 1 atom stereocenters. The van der Waals surface area contributed by atoms with E-state index < -0.39 is 5.41 Å². The number of likely N-dealkylation sites (tertiary alicyclic amines) is 1. The van der Waals surface area contributed by atoms with Gasteiger partial charge in [0.05, 0.1) is 6.07 Å². The van der Waals surface area contributed by atoms with Gasteiger partial charge in [-0.25, -0.2) is 0 Å². The van der Waals surface area contributed by atoms with Crippen molar-refractivity contribution >= 4 is 5.91 Å². The lowest BCUT2D eigenvalue weighted by Gasteiger charge is -2.41. The average molecular weight is 248 g/mol. The van der Waals surface area contributed by atoms with Gasteiger partial charge in [-0.2, -0.15) is 5.26 Å². The molecule has 1 saturated heterocycles. The predicted molar refractivity (Wildman–Crippen MR) is 70.7 cm³/mol. The molecule has 0 N–H and O–H groups in total. The fourth-order valence-electron chi connectivity index (χ4n) is 3.44. The van der Waals surface area contributed by atoms with Crippen LogP contribution in [0.5, 0.6) is 0 Å². The first kappa shape index (κ1) is 13.4. The van der Waals surface area contributed by atoms with Gasteiger partial charge >= 0.3 is 0 Å². The Hall–Kier alpha value is -1.04. The Morgan fingerprint density at radius 3 is 2.28 bits per heavy atom. The van der Waals surface area contributed by atoms with Crippen molar-refractivity contribution < 1.29 is 4.79 Å². The van der Waals surface area contributed by atoms with Crippen LogP contribution < -0.4 is 0 Å². The summed E-state index contributed by atoms with van der Waals surface area (Å²) in [6, 6.07) is 2.20. The number of hydrogen-bond acceptors (Lipinski definition) is 2. The number of nitrogens with zero attached hydrogens (tertiary/aromatic N) is 2. The van der Waals surface area contributed by atoms with Gasteiger partial charge in [-0.15, -0.1) is 0 Å². The lowest BCUT2D eigenvalue weighted by Crippen LogP contribution is -2.47. The fraction of sp³-hybridized carbons (Fsp3) is 0.867. The third-order valence-corrected chi connectivity index (χ3v) is 5.20. The SMILES string of the molecule is CCC(C)(C#N)C(=O)N1CCC2(CCCC2)CC1. The molecule has 2 aliphatic rings. The normalized spacial score (nSPS) is 25.7. The molecule has 3 heteroatoms. The number of hydrogen-bond donors (Lipinski definition) is 0. The van der Waals surface area contributed by atoms with Crippen LogP contribution in [0.1, 0.15) is 58.8 Å². The molecule has 1 aliphatic heterocycles. The van der Waals surface area contributed by atoms with E-state index in [4.69, 9.17) is 0 Å². The van der Waals surface area contributed by atoms with Gasteiger partial charge < -0.3 is 4.90 Å². The topological polar surface area (TPSA) is 44.1 Å². The van der Waals surface area contributed by atoms with Crippen LogP contribution in [0.25, 0.3) is 0 Å². The minimum Gasteiger partial charge on any atom is -0.341 e. The maximum atomic E-state index is 12.4. The van der Waals surface area contributed by atoms with Crippen molar-refractivity contribution in [3.05, 3.63) is 0 Å². The van der Waals surface area contributed by atoms with Crippen LogP contribution >= 0.6 is 0 Å². The molecule has 100 valence electrons. The molecular weight excluding hydrogens is 224 g/mol. The first-order valence-electron chi connectivity index (χ1n) is 7.26. The monoisotopic (exact) mass is 248 g/mol. The fourth-order valence-corrected chi connectivity index (χ4v) is 3.44. The average Bonchev–Trinajstić information content (AvgIpc) is 2.86. The van der Waals surface area contributed by atoms with E-state index in [1.807, 2.05) is 11.8 Å². The highest BCUT2D eigenvalue weighted by atomic mass is 16.2. The second-order valence-corrected chi connectivity index (χ2v) is 6.30. The van der Waals surface area contributed by atoms with Crippen LogP contribution in [-0.4, -0.2) is 23.9 Å². The summed E-state index contributed by atoms with van der Waals surface area (Å²) in [6.45, 7) is 5.41. The van der Waals surface area contributed by atoms with E-state index in [-0.39, 0.29) is 5.91 Å². The molecular formula is C15H24N2O. The Kier molecular flexibility index (Phi) is 3.66. The zero-order valence-corrected chi connectivity index (χ0v) is 11.7. The molecule has 1 saturated carbocycles. The molecule has 0 bridgehead atoms. The third kappa shape index (κ3) is 2.25. The molecule has 1 aliphatic carbocycles. The largest absolute Gasteiger partial charge is 0.341 e. The molecule has 2 fully saturated rings. The molecule has 1 amide bonds. The molecule has 0 radical (unpaired) electrons. The van der Waals surface area contributed by atoms with E-state index in [1.165, 1.54) is 25.7 Å². The Labute approximate surface area is 110 Å². The van der Waals surface area contributed by atoms with Crippen molar-refractivity contribution in [2.45, 2.75) is 58.8 Å². The molecule has 1 spiro atoms. The predicted octanol–water partition coefficient (Wildman–Crippen LogP) is 3.11. The van der Waals surface area contributed by atoms with Crippen molar-refractivity contribution in [2.24, 2.45) is 10.8 Å². The first-order valence-corrected chi connectivity index (χ1v) is 7.26. The summed E-state index contributed by atoms with van der Waals surface area (Å²) in [5.74, 6) is 0.0420. The Bertz CT molecular complexity index is 355. The van der Waals surface area contributed by atoms with Crippen molar-refractivity contribution in [2.75, 3.05) is 13.1 Å². The van der Waals surface area contributed by atoms with Gasteiger partial charge in [0.2, 0.25) is 5.91 Å². The quantitative estimate of drug-likeness (QED) is 0.753. The maximum absolute atomic E-state index is 12.4. The summed E-state index contributed by atoms with van der Waals surface area (Å²) in [5.41, 5.74) is -0.285. The summed E-state index contributed by atoms with van der Waals surface area (Å²) in [6.07, 6.45) is 8.30. The molecule has 3 nitrogen and oxygen atoms in total. The summed E-state index contributed by atoms with van der Waals surface area (Å²) < 4.78 is 0. The molecule has 0 aromatic carbocycles.